The molecule has 0 radical (unpaired) electrons. The van der Waals surface area contributed by atoms with Crippen molar-refractivity contribution in [2.24, 2.45) is 5.41 Å². The van der Waals surface area contributed by atoms with Gasteiger partial charge in [-0.25, -0.2) is 0 Å². The fourth-order valence-corrected chi connectivity index (χ4v) is 4.99. The van der Waals surface area contributed by atoms with Gasteiger partial charge in [0.1, 0.15) is 0 Å². The third kappa shape index (κ3) is 6.53. The van der Waals surface area contributed by atoms with Crippen LogP contribution in [0.2, 0.25) is 0 Å². The zero-order valence-electron chi connectivity index (χ0n) is 22.3. The van der Waals surface area contributed by atoms with Gasteiger partial charge in [-0.2, -0.15) is 0 Å². The van der Waals surface area contributed by atoms with Crippen molar-refractivity contribution in [1.29, 1.82) is 0 Å². The van der Waals surface area contributed by atoms with E-state index in [1.807, 2.05) is 6.08 Å². The number of hydrogen-bond donors (Lipinski definition) is 0. The number of aryl methyl sites for hydroxylation is 1. The highest BCUT2D eigenvalue weighted by Crippen LogP contribution is 2.39. The van der Waals surface area contributed by atoms with Gasteiger partial charge in [0.25, 0.3) is 0 Å². The van der Waals surface area contributed by atoms with E-state index in [0.29, 0.717) is 0 Å². The number of benzene rings is 2. The zero-order valence-corrected chi connectivity index (χ0v) is 22.3. The second-order valence-electron chi connectivity index (χ2n) is 10.6. The van der Waals surface area contributed by atoms with Crippen LogP contribution in [0.5, 0.6) is 0 Å². The summed E-state index contributed by atoms with van der Waals surface area (Å²) in [7, 11) is 2.21. The lowest BCUT2D eigenvalue weighted by Crippen LogP contribution is -2.25. The minimum atomic E-state index is 0.195. The Labute approximate surface area is 209 Å². The molecule has 1 aliphatic rings. The van der Waals surface area contributed by atoms with Crippen LogP contribution in [0.25, 0.3) is 22.9 Å². The van der Waals surface area contributed by atoms with Gasteiger partial charge < -0.3 is 4.90 Å². The first-order valence-electron chi connectivity index (χ1n) is 13.4. The average Bonchev–Trinajstić information content (AvgIpc) is 2.84. The fraction of sp³-hybridized carbons (Fsp3) is 0.455. The Morgan fingerprint density at radius 2 is 1.68 bits per heavy atom. The Balaban J connectivity index is 1.95. The Kier molecular flexibility index (Phi) is 9.39. The monoisotopic (exact) mass is 455 g/mol. The molecule has 0 spiro atoms. The van der Waals surface area contributed by atoms with Crippen molar-refractivity contribution in [3.63, 3.8) is 0 Å². The molecule has 2 aromatic rings. The Hall–Kier alpha value is -2.54. The van der Waals surface area contributed by atoms with Gasteiger partial charge in [0.05, 0.1) is 0 Å². The number of nitrogens with zero attached hydrogens (tertiary/aromatic N) is 1. The van der Waals surface area contributed by atoms with E-state index in [9.17, 15) is 0 Å². The van der Waals surface area contributed by atoms with Crippen LogP contribution >= 0.6 is 0 Å². The van der Waals surface area contributed by atoms with Crippen molar-refractivity contribution in [2.75, 3.05) is 13.6 Å². The van der Waals surface area contributed by atoms with E-state index >= 15 is 0 Å². The Bertz CT molecular complexity index is 1020. The summed E-state index contributed by atoms with van der Waals surface area (Å²) < 4.78 is 0. The molecule has 1 nitrogen and oxygen atoms in total. The first kappa shape index (κ1) is 26.1. The third-order valence-corrected chi connectivity index (χ3v) is 7.35. The topological polar surface area (TPSA) is 3.24 Å². The molecule has 0 aliphatic carbocycles. The number of likely N-dealkylation sites (N-methyl/N-ethyl adjacent to an activating group) is 1. The first-order chi connectivity index (χ1) is 16.4. The lowest BCUT2D eigenvalue weighted by Gasteiger charge is -2.34. The molecule has 1 heteroatoms. The summed E-state index contributed by atoms with van der Waals surface area (Å²) in [4.78, 5) is 2.37. The molecule has 34 heavy (non-hydrogen) atoms. The molecule has 0 atom stereocenters. The van der Waals surface area contributed by atoms with Crippen molar-refractivity contribution in [2.45, 2.75) is 79.1 Å². The van der Waals surface area contributed by atoms with Crippen molar-refractivity contribution < 1.29 is 0 Å². The van der Waals surface area contributed by atoms with Crippen molar-refractivity contribution in [3.05, 3.63) is 83.5 Å². The largest absolute Gasteiger partial charge is 0.370 e. The summed E-state index contributed by atoms with van der Waals surface area (Å²) >= 11 is 0. The molecule has 3 rings (SSSR count). The van der Waals surface area contributed by atoms with Crippen LogP contribution in [0.3, 0.4) is 0 Å². The highest BCUT2D eigenvalue weighted by atomic mass is 15.1. The SMILES string of the molecule is C=Cc1ccc(-c2cccc(CCCCC)c2)cc1C1=CC(C(C)(C)CCCCC)=CCN1C. The normalized spacial score (nSPS) is 14.1. The molecule has 1 heterocycles. The predicted octanol–water partition coefficient (Wildman–Crippen LogP) is 9.55. The zero-order chi connectivity index (χ0) is 24.6. The van der Waals surface area contributed by atoms with Gasteiger partial charge in [0.2, 0.25) is 0 Å². The number of rotatable bonds is 12. The Morgan fingerprint density at radius 3 is 2.41 bits per heavy atom. The van der Waals surface area contributed by atoms with E-state index in [1.165, 1.54) is 84.0 Å². The number of allylic oxidation sites excluding steroid dienone is 2. The molecule has 0 unspecified atom stereocenters. The van der Waals surface area contributed by atoms with Crippen LogP contribution in [0, 0.1) is 5.41 Å². The van der Waals surface area contributed by atoms with Gasteiger partial charge in [-0.05, 0) is 64.6 Å². The molecule has 0 bridgehead atoms. The number of unbranched alkanes of at least 4 members (excludes halogenated alkanes) is 4. The van der Waals surface area contributed by atoms with Gasteiger partial charge in [0.15, 0.2) is 0 Å². The lowest BCUT2D eigenvalue weighted by atomic mass is 9.77. The van der Waals surface area contributed by atoms with Gasteiger partial charge in [-0.15, -0.1) is 0 Å². The van der Waals surface area contributed by atoms with E-state index in [2.05, 4.69) is 101 Å². The molecule has 182 valence electrons. The van der Waals surface area contributed by atoms with Crippen LogP contribution in [-0.2, 0) is 6.42 Å². The van der Waals surface area contributed by atoms with E-state index in [-0.39, 0.29) is 5.41 Å². The van der Waals surface area contributed by atoms with Gasteiger partial charge in [0, 0.05) is 24.9 Å². The summed E-state index contributed by atoms with van der Waals surface area (Å²) in [5.74, 6) is 0. The van der Waals surface area contributed by atoms with Gasteiger partial charge in [-0.1, -0.05) is 115 Å². The second kappa shape index (κ2) is 12.2. The van der Waals surface area contributed by atoms with E-state index < -0.39 is 0 Å². The predicted molar refractivity (Wildman–Crippen MR) is 152 cm³/mol. The molecule has 0 N–H and O–H groups in total. The molecule has 0 saturated carbocycles. The molecular weight excluding hydrogens is 410 g/mol. The summed E-state index contributed by atoms with van der Waals surface area (Å²) in [6.07, 6.45) is 17.0. The smallest absolute Gasteiger partial charge is 0.0449 e. The fourth-order valence-electron chi connectivity index (χ4n) is 4.99. The highest BCUT2D eigenvalue weighted by molar-refractivity contribution is 5.80. The van der Waals surface area contributed by atoms with Crippen LogP contribution in [-0.4, -0.2) is 18.5 Å². The van der Waals surface area contributed by atoms with Crippen LogP contribution in [0.15, 0.2) is 66.8 Å². The van der Waals surface area contributed by atoms with E-state index in [1.54, 1.807) is 0 Å². The summed E-state index contributed by atoms with van der Waals surface area (Å²) in [5.41, 5.74) is 9.47. The maximum absolute atomic E-state index is 4.13. The molecule has 0 fully saturated rings. The molecular formula is C33H45N. The van der Waals surface area contributed by atoms with Gasteiger partial charge in [-0.3, -0.25) is 0 Å². The summed E-state index contributed by atoms with van der Waals surface area (Å²) in [6.45, 7) is 14.4. The van der Waals surface area contributed by atoms with E-state index in [0.717, 1.165) is 13.0 Å². The van der Waals surface area contributed by atoms with Crippen molar-refractivity contribution in [1.82, 2.24) is 4.90 Å². The first-order valence-corrected chi connectivity index (χ1v) is 13.4. The minimum Gasteiger partial charge on any atom is -0.370 e. The Morgan fingerprint density at radius 1 is 0.941 bits per heavy atom. The maximum Gasteiger partial charge on any atom is 0.0449 e. The van der Waals surface area contributed by atoms with Crippen molar-refractivity contribution in [3.8, 4) is 11.1 Å². The summed E-state index contributed by atoms with van der Waals surface area (Å²) in [6, 6.07) is 16.0. The maximum atomic E-state index is 4.13. The summed E-state index contributed by atoms with van der Waals surface area (Å²) in [5, 5.41) is 0. The lowest BCUT2D eigenvalue weighted by molar-refractivity contribution is 0.387. The highest BCUT2D eigenvalue weighted by Gasteiger charge is 2.25. The standard InChI is InChI=1S/C33H45N/c1-7-10-12-15-26-16-14-17-28(23-26)29-19-18-27(9-3)31(24-29)32-25-30(20-22-34(32)6)33(4,5)21-13-11-8-2/h9,14,16-20,23-25H,3,7-8,10-13,15,21-22H2,1-2,4-6H3. The molecule has 0 aromatic heterocycles. The molecule has 0 saturated heterocycles. The van der Waals surface area contributed by atoms with Crippen molar-refractivity contribution >= 4 is 11.8 Å². The quantitative estimate of drug-likeness (QED) is 0.288. The van der Waals surface area contributed by atoms with Gasteiger partial charge >= 0.3 is 0 Å². The average molecular weight is 456 g/mol. The van der Waals surface area contributed by atoms with E-state index in [4.69, 9.17) is 0 Å². The van der Waals surface area contributed by atoms with Crippen LogP contribution in [0.1, 0.15) is 89.3 Å². The second-order valence-corrected chi connectivity index (χ2v) is 10.6. The number of hydrogen-bond acceptors (Lipinski definition) is 1. The van der Waals surface area contributed by atoms with Crippen LogP contribution < -0.4 is 0 Å². The molecule has 1 aliphatic heterocycles. The minimum absolute atomic E-state index is 0.195. The molecule has 2 aromatic carbocycles. The molecule has 0 amide bonds. The third-order valence-electron chi connectivity index (χ3n) is 7.35. The van der Waals surface area contributed by atoms with Crippen LogP contribution in [0.4, 0.5) is 0 Å².